The van der Waals surface area contributed by atoms with Crippen LogP contribution in [0.3, 0.4) is 0 Å². The van der Waals surface area contributed by atoms with Crippen molar-refractivity contribution in [1.82, 2.24) is 5.43 Å². The van der Waals surface area contributed by atoms with Crippen molar-refractivity contribution in [3.63, 3.8) is 0 Å². The minimum absolute atomic E-state index is 0.0673. The number of carbonyl (C=O) groups is 1. The quantitative estimate of drug-likeness (QED) is 0.640. The molecule has 5 aliphatic rings. The first-order chi connectivity index (χ1) is 10.6. The second-order valence-corrected chi connectivity index (χ2v) is 8.42. The third-order valence-electron chi connectivity index (χ3n) is 6.37. The van der Waals surface area contributed by atoms with Gasteiger partial charge in [0.25, 0.3) is 5.91 Å². The molecule has 1 amide bonds. The fourth-order valence-electron chi connectivity index (χ4n) is 6.10. The highest BCUT2D eigenvalue weighted by atomic mass is 16.5. The maximum atomic E-state index is 12.0. The summed E-state index contributed by atoms with van der Waals surface area (Å²) in [5, 5.41) is 4.38. The van der Waals surface area contributed by atoms with Gasteiger partial charge in [-0.1, -0.05) is 0 Å². The van der Waals surface area contributed by atoms with Gasteiger partial charge in [0.1, 0.15) is 6.10 Å². The summed E-state index contributed by atoms with van der Waals surface area (Å²) in [4.78, 5) is 12.0. The van der Waals surface area contributed by atoms with Gasteiger partial charge in [0, 0.05) is 12.3 Å². The molecule has 22 heavy (non-hydrogen) atoms. The number of hydrogen-bond acceptors (Lipinski definition) is 3. The van der Waals surface area contributed by atoms with E-state index in [1.165, 1.54) is 38.5 Å². The van der Waals surface area contributed by atoms with E-state index in [-0.39, 0.29) is 12.0 Å². The lowest BCUT2D eigenvalue weighted by Crippen LogP contribution is -2.46. The summed E-state index contributed by atoms with van der Waals surface area (Å²) in [7, 11) is 0. The first-order valence-corrected chi connectivity index (χ1v) is 9.06. The Kier molecular flexibility index (Phi) is 3.75. The van der Waals surface area contributed by atoms with Gasteiger partial charge >= 0.3 is 0 Å². The van der Waals surface area contributed by atoms with E-state index in [2.05, 4.69) is 17.5 Å². The van der Waals surface area contributed by atoms with Gasteiger partial charge < -0.3 is 4.74 Å². The highest BCUT2D eigenvalue weighted by Gasteiger charge is 2.50. The first kappa shape index (κ1) is 14.7. The van der Waals surface area contributed by atoms with E-state index in [1.54, 1.807) is 0 Å². The molecule has 4 saturated carbocycles. The third-order valence-corrected chi connectivity index (χ3v) is 6.37. The van der Waals surface area contributed by atoms with E-state index in [0.29, 0.717) is 12.0 Å². The summed E-state index contributed by atoms with van der Waals surface area (Å²) in [6.07, 6.45) is 11.2. The Morgan fingerprint density at radius 2 is 1.82 bits per heavy atom. The molecule has 1 unspecified atom stereocenters. The van der Waals surface area contributed by atoms with Gasteiger partial charge in [-0.2, -0.15) is 5.10 Å². The molecule has 4 heteroatoms. The van der Waals surface area contributed by atoms with Gasteiger partial charge in [-0.05, 0) is 87.9 Å². The Morgan fingerprint density at radius 3 is 2.36 bits per heavy atom. The predicted octanol–water partition coefficient (Wildman–Crippen LogP) is 3.26. The molecule has 122 valence electrons. The Balaban J connectivity index is 1.36. The lowest BCUT2D eigenvalue weighted by molar-refractivity contribution is -0.130. The van der Waals surface area contributed by atoms with Crippen LogP contribution in [0.1, 0.15) is 64.7 Å². The molecule has 4 nitrogen and oxygen atoms in total. The molecule has 1 N–H and O–H groups in total. The van der Waals surface area contributed by atoms with Gasteiger partial charge in [-0.15, -0.1) is 0 Å². The number of ether oxygens (including phenoxy) is 1. The van der Waals surface area contributed by atoms with Crippen molar-refractivity contribution in [2.45, 2.75) is 70.8 Å². The zero-order chi connectivity index (χ0) is 15.2. The van der Waals surface area contributed by atoms with Crippen molar-refractivity contribution >= 4 is 11.6 Å². The van der Waals surface area contributed by atoms with Crippen molar-refractivity contribution in [2.75, 3.05) is 6.61 Å². The van der Waals surface area contributed by atoms with Crippen molar-refractivity contribution in [2.24, 2.45) is 28.3 Å². The maximum Gasteiger partial charge on any atom is 0.269 e. The van der Waals surface area contributed by atoms with Gasteiger partial charge in [-0.3, -0.25) is 4.79 Å². The van der Waals surface area contributed by atoms with E-state index < -0.39 is 0 Å². The molecule has 0 spiro atoms. The van der Waals surface area contributed by atoms with Crippen molar-refractivity contribution < 1.29 is 9.53 Å². The fourth-order valence-corrected chi connectivity index (χ4v) is 6.10. The Hall–Kier alpha value is -0.900. The average Bonchev–Trinajstić information content (AvgIpc) is 2.97. The number of rotatable bonds is 4. The molecule has 0 aromatic rings. The van der Waals surface area contributed by atoms with Crippen LogP contribution < -0.4 is 5.43 Å². The molecule has 1 atom stereocenters. The minimum Gasteiger partial charge on any atom is -0.368 e. The molecule has 0 aromatic heterocycles. The molecular formula is C18H28N2O2. The van der Waals surface area contributed by atoms with Crippen molar-refractivity contribution in [3.8, 4) is 0 Å². The van der Waals surface area contributed by atoms with Crippen LogP contribution in [0.4, 0.5) is 0 Å². The molecule has 4 bridgehead atoms. The molecule has 4 aliphatic carbocycles. The first-order valence-electron chi connectivity index (χ1n) is 9.06. The number of hydrazone groups is 1. The topological polar surface area (TPSA) is 50.7 Å². The van der Waals surface area contributed by atoms with Crippen LogP contribution in [-0.4, -0.2) is 24.3 Å². The van der Waals surface area contributed by atoms with E-state index in [4.69, 9.17) is 4.74 Å². The third kappa shape index (κ3) is 2.82. The van der Waals surface area contributed by atoms with Gasteiger partial charge in [0.15, 0.2) is 0 Å². The van der Waals surface area contributed by atoms with Crippen LogP contribution in [-0.2, 0) is 9.53 Å². The van der Waals surface area contributed by atoms with Crippen LogP contribution in [0.25, 0.3) is 0 Å². The highest BCUT2D eigenvalue weighted by molar-refractivity contribution is 5.86. The van der Waals surface area contributed by atoms with Crippen LogP contribution >= 0.6 is 0 Å². The summed E-state index contributed by atoms with van der Waals surface area (Å²) in [6.45, 7) is 2.78. The Labute approximate surface area is 133 Å². The molecule has 0 radical (unpaired) electrons. The molecular weight excluding hydrogens is 276 g/mol. The van der Waals surface area contributed by atoms with Gasteiger partial charge in [0.2, 0.25) is 0 Å². The SMILES string of the molecule is C/C(CC12CC3CC(CC(C3)C1)C2)=N\NC(=O)C1CCCO1. The summed E-state index contributed by atoms with van der Waals surface area (Å²) in [5.74, 6) is 2.85. The smallest absolute Gasteiger partial charge is 0.269 e. The highest BCUT2D eigenvalue weighted by Crippen LogP contribution is 2.61. The standard InChI is InChI=1S/C18H28N2O2/c1-12(19-20-17(21)16-3-2-4-22-16)8-18-9-13-5-14(10-18)7-15(6-13)11-18/h13-16H,2-11H2,1H3,(H,20,21)/b19-12+. The number of hydrogen-bond donors (Lipinski definition) is 1. The largest absolute Gasteiger partial charge is 0.368 e. The monoisotopic (exact) mass is 304 g/mol. The number of nitrogens with zero attached hydrogens (tertiary/aromatic N) is 1. The van der Waals surface area contributed by atoms with Crippen LogP contribution in [0.5, 0.6) is 0 Å². The minimum atomic E-state index is -0.281. The lowest BCUT2D eigenvalue weighted by Gasteiger charge is -2.57. The van der Waals surface area contributed by atoms with Crippen molar-refractivity contribution in [1.29, 1.82) is 0 Å². The van der Waals surface area contributed by atoms with Crippen molar-refractivity contribution in [3.05, 3.63) is 0 Å². The number of nitrogens with one attached hydrogen (secondary N) is 1. The molecule has 5 fully saturated rings. The Morgan fingerprint density at radius 1 is 1.18 bits per heavy atom. The summed E-state index contributed by atoms with van der Waals surface area (Å²) in [6, 6.07) is 0. The zero-order valence-electron chi connectivity index (χ0n) is 13.6. The fraction of sp³-hybridized carbons (Fsp3) is 0.889. The van der Waals surface area contributed by atoms with E-state index in [0.717, 1.165) is 42.7 Å². The maximum absolute atomic E-state index is 12.0. The second-order valence-electron chi connectivity index (χ2n) is 8.42. The van der Waals surface area contributed by atoms with Gasteiger partial charge in [-0.25, -0.2) is 5.43 Å². The summed E-state index contributed by atoms with van der Waals surface area (Å²) < 4.78 is 5.40. The van der Waals surface area contributed by atoms with Crippen LogP contribution in [0.2, 0.25) is 0 Å². The predicted molar refractivity (Wildman–Crippen MR) is 85.4 cm³/mol. The second kappa shape index (κ2) is 5.63. The molecule has 1 saturated heterocycles. The molecule has 5 rings (SSSR count). The number of carbonyl (C=O) groups excluding carboxylic acids is 1. The van der Waals surface area contributed by atoms with Crippen LogP contribution in [0.15, 0.2) is 5.10 Å². The average molecular weight is 304 g/mol. The van der Waals surface area contributed by atoms with E-state index >= 15 is 0 Å². The lowest BCUT2D eigenvalue weighted by atomic mass is 9.48. The Bertz CT molecular complexity index is 444. The number of amides is 1. The van der Waals surface area contributed by atoms with Crippen LogP contribution in [0, 0.1) is 23.2 Å². The molecule has 1 heterocycles. The van der Waals surface area contributed by atoms with Gasteiger partial charge in [0.05, 0.1) is 0 Å². The molecule has 0 aromatic carbocycles. The van der Waals surface area contributed by atoms with E-state index in [1.807, 2.05) is 0 Å². The summed E-state index contributed by atoms with van der Waals surface area (Å²) in [5.41, 5.74) is 4.32. The summed E-state index contributed by atoms with van der Waals surface area (Å²) >= 11 is 0. The normalized spacial score (nSPS) is 43.6. The molecule has 1 aliphatic heterocycles. The van der Waals surface area contributed by atoms with E-state index in [9.17, 15) is 4.79 Å². The zero-order valence-corrected chi connectivity index (χ0v) is 13.6.